The van der Waals surface area contributed by atoms with Gasteiger partial charge >= 0.3 is 0 Å². The molecule has 94 valence electrons. The Hall–Kier alpha value is -1.89. The molecule has 0 fully saturated rings. The van der Waals surface area contributed by atoms with Crippen LogP contribution in [-0.2, 0) is 0 Å². The van der Waals surface area contributed by atoms with Crippen LogP contribution in [-0.4, -0.2) is 53.2 Å². The summed E-state index contributed by atoms with van der Waals surface area (Å²) in [4.78, 5) is 10.0. The minimum Gasteiger partial charge on any atom is -0.476 e. The first-order valence-electron chi connectivity index (χ1n) is 5.21. The summed E-state index contributed by atoms with van der Waals surface area (Å²) in [6.45, 7) is 1.42. The third-order valence-electron chi connectivity index (χ3n) is 2.00. The van der Waals surface area contributed by atoms with Gasteiger partial charge in [-0.25, -0.2) is 9.97 Å². The first-order chi connectivity index (χ1) is 8.15. The summed E-state index contributed by atoms with van der Waals surface area (Å²) in [5, 5.41) is 11.5. The lowest BCUT2D eigenvalue weighted by Crippen LogP contribution is -2.19. The second-order valence-electron chi connectivity index (χ2n) is 3.70. The molecule has 7 nitrogen and oxygen atoms in total. The summed E-state index contributed by atoms with van der Waals surface area (Å²) in [7, 11) is 3.98. The van der Waals surface area contributed by atoms with Gasteiger partial charge in [0.1, 0.15) is 0 Å². The van der Waals surface area contributed by atoms with Gasteiger partial charge in [-0.3, -0.25) is 0 Å². The van der Waals surface area contributed by atoms with Crippen molar-refractivity contribution in [3.05, 3.63) is 18.1 Å². The molecule has 7 heteroatoms. The predicted octanol–water partition coefficient (Wildman–Crippen LogP) is -0.0984. The monoisotopic (exact) mass is 239 g/mol. The van der Waals surface area contributed by atoms with Crippen molar-refractivity contribution in [2.24, 2.45) is 10.9 Å². The topological polar surface area (TPSA) is 96.9 Å². The van der Waals surface area contributed by atoms with Gasteiger partial charge in [0.2, 0.25) is 5.88 Å². The van der Waals surface area contributed by atoms with Crippen LogP contribution in [0.15, 0.2) is 17.5 Å². The average Bonchev–Trinajstić information content (AvgIpc) is 2.34. The smallest absolute Gasteiger partial charge is 0.243 e. The summed E-state index contributed by atoms with van der Waals surface area (Å²) >= 11 is 0. The standard InChI is InChI=1S/C10H17N5O2/c1-15(2)6-3-7-17-10-8(9(11)14-16)12-4-5-13-10/h4-5,16H,3,6-7H2,1-2H3,(H2,11,14). The maximum absolute atomic E-state index is 8.59. The first kappa shape index (κ1) is 13.2. The summed E-state index contributed by atoms with van der Waals surface area (Å²) in [6, 6.07) is 0. The fourth-order valence-electron chi connectivity index (χ4n) is 1.20. The van der Waals surface area contributed by atoms with Crippen molar-refractivity contribution < 1.29 is 9.94 Å². The molecule has 0 aliphatic rings. The third kappa shape index (κ3) is 4.23. The van der Waals surface area contributed by atoms with Crippen molar-refractivity contribution in [1.82, 2.24) is 14.9 Å². The largest absolute Gasteiger partial charge is 0.476 e. The maximum atomic E-state index is 8.59. The molecule has 1 rings (SSSR count). The molecule has 1 aromatic heterocycles. The molecule has 0 saturated heterocycles. The Morgan fingerprint density at radius 1 is 1.47 bits per heavy atom. The molecular weight excluding hydrogens is 222 g/mol. The highest BCUT2D eigenvalue weighted by Crippen LogP contribution is 2.10. The van der Waals surface area contributed by atoms with Gasteiger partial charge in [-0.15, -0.1) is 0 Å². The predicted molar refractivity (Wildman–Crippen MR) is 63.2 cm³/mol. The van der Waals surface area contributed by atoms with E-state index in [1.54, 1.807) is 0 Å². The average molecular weight is 239 g/mol. The van der Waals surface area contributed by atoms with Crippen molar-refractivity contribution in [1.29, 1.82) is 0 Å². The zero-order valence-electron chi connectivity index (χ0n) is 10.00. The van der Waals surface area contributed by atoms with Crippen molar-refractivity contribution in [3.63, 3.8) is 0 Å². The molecule has 0 aliphatic heterocycles. The van der Waals surface area contributed by atoms with E-state index in [0.29, 0.717) is 6.61 Å². The molecule has 1 heterocycles. The molecule has 0 amide bonds. The fourth-order valence-corrected chi connectivity index (χ4v) is 1.20. The van der Waals surface area contributed by atoms with E-state index < -0.39 is 0 Å². The number of ether oxygens (including phenoxy) is 1. The number of nitrogens with two attached hydrogens (primary N) is 1. The van der Waals surface area contributed by atoms with E-state index in [2.05, 4.69) is 20.0 Å². The molecule has 0 unspecified atom stereocenters. The van der Waals surface area contributed by atoms with E-state index in [1.807, 2.05) is 14.1 Å². The minimum atomic E-state index is -0.110. The molecule has 0 saturated carbocycles. The number of oxime groups is 1. The van der Waals surface area contributed by atoms with Gasteiger partial charge in [-0.2, -0.15) is 0 Å². The van der Waals surface area contributed by atoms with Gasteiger partial charge in [0.15, 0.2) is 11.5 Å². The summed E-state index contributed by atoms with van der Waals surface area (Å²) < 4.78 is 5.44. The second-order valence-corrected chi connectivity index (χ2v) is 3.70. The molecule has 17 heavy (non-hydrogen) atoms. The zero-order valence-corrected chi connectivity index (χ0v) is 10.00. The SMILES string of the molecule is CN(C)CCCOc1nccnc1C(N)=NO. The van der Waals surface area contributed by atoms with E-state index in [9.17, 15) is 0 Å². The van der Waals surface area contributed by atoms with Gasteiger partial charge < -0.3 is 20.6 Å². The normalized spacial score (nSPS) is 11.8. The Kier molecular flexibility index (Phi) is 5.15. The second kappa shape index (κ2) is 6.64. The number of hydrogen-bond acceptors (Lipinski definition) is 6. The van der Waals surface area contributed by atoms with E-state index in [1.165, 1.54) is 12.4 Å². The van der Waals surface area contributed by atoms with E-state index in [-0.39, 0.29) is 17.4 Å². The molecule has 0 radical (unpaired) electrons. The van der Waals surface area contributed by atoms with Crippen LogP contribution in [0, 0.1) is 0 Å². The van der Waals surface area contributed by atoms with E-state index >= 15 is 0 Å². The van der Waals surface area contributed by atoms with E-state index in [0.717, 1.165) is 13.0 Å². The van der Waals surface area contributed by atoms with Gasteiger partial charge in [-0.05, 0) is 20.5 Å². The Balaban J connectivity index is 2.58. The van der Waals surface area contributed by atoms with Crippen molar-refractivity contribution in [2.45, 2.75) is 6.42 Å². The van der Waals surface area contributed by atoms with Crippen molar-refractivity contribution in [2.75, 3.05) is 27.2 Å². The molecule has 3 N–H and O–H groups in total. The van der Waals surface area contributed by atoms with Crippen molar-refractivity contribution >= 4 is 5.84 Å². The van der Waals surface area contributed by atoms with Crippen LogP contribution < -0.4 is 10.5 Å². The lowest BCUT2D eigenvalue weighted by molar-refractivity contribution is 0.271. The molecule has 1 aromatic rings. The van der Waals surface area contributed by atoms with Crippen LogP contribution in [0.5, 0.6) is 5.88 Å². The van der Waals surface area contributed by atoms with Crippen LogP contribution in [0.1, 0.15) is 12.1 Å². The van der Waals surface area contributed by atoms with Gasteiger partial charge in [0, 0.05) is 18.9 Å². The van der Waals surface area contributed by atoms with Gasteiger partial charge in [0.05, 0.1) is 6.61 Å². The Bertz CT molecular complexity index is 381. The summed E-state index contributed by atoms with van der Waals surface area (Å²) in [5.74, 6) is 0.169. The zero-order chi connectivity index (χ0) is 12.7. The molecular formula is C10H17N5O2. The lowest BCUT2D eigenvalue weighted by atomic mass is 10.4. The van der Waals surface area contributed by atoms with Crippen molar-refractivity contribution in [3.8, 4) is 5.88 Å². The highest BCUT2D eigenvalue weighted by Gasteiger charge is 2.10. The van der Waals surface area contributed by atoms with Crippen LogP contribution in [0.4, 0.5) is 0 Å². The quantitative estimate of drug-likeness (QED) is 0.236. The lowest BCUT2D eigenvalue weighted by Gasteiger charge is -2.11. The number of nitrogens with zero attached hydrogens (tertiary/aromatic N) is 4. The number of amidine groups is 1. The van der Waals surface area contributed by atoms with Crippen LogP contribution in [0.3, 0.4) is 0 Å². The minimum absolute atomic E-state index is 0.110. The molecule has 0 atom stereocenters. The van der Waals surface area contributed by atoms with Crippen LogP contribution in [0.25, 0.3) is 0 Å². The number of hydrogen-bond donors (Lipinski definition) is 2. The molecule has 0 spiro atoms. The first-order valence-corrected chi connectivity index (χ1v) is 5.21. The van der Waals surface area contributed by atoms with E-state index in [4.69, 9.17) is 15.7 Å². The van der Waals surface area contributed by atoms with Gasteiger partial charge in [0.25, 0.3) is 0 Å². The Labute approximate surface area is 99.9 Å². The Morgan fingerprint density at radius 3 is 2.82 bits per heavy atom. The molecule has 0 aromatic carbocycles. The highest BCUT2D eigenvalue weighted by molar-refractivity contribution is 5.97. The summed E-state index contributed by atoms with van der Waals surface area (Å²) in [6.07, 6.45) is 3.81. The number of rotatable bonds is 6. The van der Waals surface area contributed by atoms with Crippen LogP contribution >= 0.6 is 0 Å². The van der Waals surface area contributed by atoms with Gasteiger partial charge in [-0.1, -0.05) is 5.16 Å². The molecule has 0 bridgehead atoms. The number of aromatic nitrogens is 2. The highest BCUT2D eigenvalue weighted by atomic mass is 16.5. The summed E-state index contributed by atoms with van der Waals surface area (Å²) in [5.41, 5.74) is 5.71. The maximum Gasteiger partial charge on any atom is 0.243 e. The molecule has 0 aliphatic carbocycles. The fraction of sp³-hybridized carbons (Fsp3) is 0.500. The third-order valence-corrected chi connectivity index (χ3v) is 2.00. The Morgan fingerprint density at radius 2 is 2.18 bits per heavy atom. The van der Waals surface area contributed by atoms with Crippen LogP contribution in [0.2, 0.25) is 0 Å².